The van der Waals surface area contributed by atoms with Crippen molar-refractivity contribution < 1.29 is 0 Å². The Hall–Kier alpha value is -0.350. The van der Waals surface area contributed by atoms with Crippen molar-refractivity contribution >= 4 is 15.9 Å². The first-order chi connectivity index (χ1) is 10.2. The molecular formula is C17H30BrN3. The summed E-state index contributed by atoms with van der Waals surface area (Å²) in [6, 6.07) is 0.577. The molecule has 1 aliphatic carbocycles. The van der Waals surface area contributed by atoms with Gasteiger partial charge in [-0.25, -0.2) is 0 Å². The highest BCUT2D eigenvalue weighted by Crippen LogP contribution is 2.30. The molecular weight excluding hydrogens is 326 g/mol. The Balaban J connectivity index is 1.98. The average Bonchev–Trinajstić information content (AvgIpc) is 3.08. The number of nitrogens with one attached hydrogen (secondary N) is 1. The summed E-state index contributed by atoms with van der Waals surface area (Å²) in [6.07, 6.45) is 9.56. The van der Waals surface area contributed by atoms with Crippen molar-refractivity contribution in [3.63, 3.8) is 0 Å². The topological polar surface area (TPSA) is 29.9 Å². The average molecular weight is 356 g/mol. The summed E-state index contributed by atoms with van der Waals surface area (Å²) >= 11 is 3.73. The van der Waals surface area contributed by atoms with E-state index in [1.165, 1.54) is 48.7 Å². The van der Waals surface area contributed by atoms with Crippen molar-refractivity contribution in [2.24, 2.45) is 5.92 Å². The van der Waals surface area contributed by atoms with Crippen LogP contribution in [0.4, 0.5) is 0 Å². The molecule has 0 bridgehead atoms. The summed E-state index contributed by atoms with van der Waals surface area (Å²) < 4.78 is 3.35. The van der Waals surface area contributed by atoms with E-state index in [0.29, 0.717) is 6.04 Å². The predicted molar refractivity (Wildman–Crippen MR) is 92.7 cm³/mol. The number of hydrogen-bond acceptors (Lipinski definition) is 2. The van der Waals surface area contributed by atoms with Crippen LogP contribution in [0.25, 0.3) is 0 Å². The molecule has 1 heterocycles. The molecule has 4 heteroatoms. The van der Waals surface area contributed by atoms with E-state index in [1.54, 1.807) is 0 Å². The summed E-state index contributed by atoms with van der Waals surface area (Å²) in [5.74, 6) is 0.979. The van der Waals surface area contributed by atoms with Gasteiger partial charge in [-0.15, -0.1) is 0 Å². The van der Waals surface area contributed by atoms with Crippen LogP contribution in [0.3, 0.4) is 0 Å². The van der Waals surface area contributed by atoms with E-state index in [1.807, 2.05) is 0 Å². The third-order valence-corrected chi connectivity index (χ3v) is 5.82. The van der Waals surface area contributed by atoms with Crippen LogP contribution in [0.2, 0.25) is 0 Å². The maximum Gasteiger partial charge on any atom is 0.0738 e. The fourth-order valence-corrected chi connectivity index (χ4v) is 4.04. The minimum absolute atomic E-state index is 0.577. The van der Waals surface area contributed by atoms with Crippen molar-refractivity contribution in [1.82, 2.24) is 15.1 Å². The van der Waals surface area contributed by atoms with Crippen molar-refractivity contribution in [2.75, 3.05) is 6.54 Å². The molecule has 0 aliphatic heterocycles. The second-order valence-corrected chi connectivity index (χ2v) is 7.14. The standard InChI is InChI=1S/C17H30BrN3/c1-4-19-15(11-10-14-8-6-7-9-14)12-16-17(18)13(3)20-21(16)5-2/h14-15,19H,4-12H2,1-3H3. The highest BCUT2D eigenvalue weighted by molar-refractivity contribution is 9.10. The van der Waals surface area contributed by atoms with Gasteiger partial charge < -0.3 is 5.32 Å². The summed E-state index contributed by atoms with van der Waals surface area (Å²) in [7, 11) is 0. The molecule has 1 N–H and O–H groups in total. The summed E-state index contributed by atoms with van der Waals surface area (Å²) in [4.78, 5) is 0. The van der Waals surface area contributed by atoms with Gasteiger partial charge in [-0.1, -0.05) is 32.6 Å². The Bertz CT molecular complexity index is 435. The number of rotatable bonds is 8. The van der Waals surface area contributed by atoms with Gasteiger partial charge in [0.1, 0.15) is 0 Å². The third kappa shape index (κ3) is 4.56. The minimum Gasteiger partial charge on any atom is -0.314 e. The zero-order valence-electron chi connectivity index (χ0n) is 13.8. The molecule has 1 aliphatic rings. The number of halogens is 1. The zero-order valence-corrected chi connectivity index (χ0v) is 15.4. The lowest BCUT2D eigenvalue weighted by molar-refractivity contribution is 0.400. The highest BCUT2D eigenvalue weighted by atomic mass is 79.9. The lowest BCUT2D eigenvalue weighted by Gasteiger charge is -2.20. The van der Waals surface area contributed by atoms with Crippen molar-refractivity contribution in [3.8, 4) is 0 Å². The van der Waals surface area contributed by atoms with Crippen LogP contribution in [0.5, 0.6) is 0 Å². The SMILES string of the molecule is CCNC(CCC1CCCC1)Cc1c(Br)c(C)nn1CC. The van der Waals surface area contributed by atoms with Crippen LogP contribution in [0, 0.1) is 12.8 Å². The number of likely N-dealkylation sites (N-methyl/N-ethyl adjacent to an activating group) is 1. The fraction of sp³-hybridized carbons (Fsp3) is 0.824. The number of aryl methyl sites for hydroxylation is 2. The van der Waals surface area contributed by atoms with E-state index in [-0.39, 0.29) is 0 Å². The van der Waals surface area contributed by atoms with Crippen LogP contribution in [0.15, 0.2) is 4.47 Å². The zero-order chi connectivity index (χ0) is 15.2. The normalized spacial score (nSPS) is 17.5. The molecule has 0 amide bonds. The van der Waals surface area contributed by atoms with Crippen molar-refractivity contribution in [3.05, 3.63) is 15.9 Å². The molecule has 0 aromatic carbocycles. The van der Waals surface area contributed by atoms with Gasteiger partial charge in [0.25, 0.3) is 0 Å². The molecule has 1 fully saturated rings. The van der Waals surface area contributed by atoms with E-state index < -0.39 is 0 Å². The molecule has 2 rings (SSSR count). The Labute approximate surface area is 138 Å². The second kappa shape index (κ2) is 8.33. The summed E-state index contributed by atoms with van der Waals surface area (Å²) in [6.45, 7) is 8.46. The van der Waals surface area contributed by atoms with Gasteiger partial charge in [0.05, 0.1) is 15.9 Å². The number of nitrogens with zero attached hydrogens (tertiary/aromatic N) is 2. The van der Waals surface area contributed by atoms with E-state index in [9.17, 15) is 0 Å². The van der Waals surface area contributed by atoms with E-state index in [2.05, 4.69) is 51.8 Å². The lowest BCUT2D eigenvalue weighted by atomic mass is 9.96. The Kier molecular flexibility index (Phi) is 6.74. The van der Waals surface area contributed by atoms with Crippen molar-refractivity contribution in [1.29, 1.82) is 0 Å². The first-order valence-electron chi connectivity index (χ1n) is 8.60. The van der Waals surface area contributed by atoms with Gasteiger partial charge in [-0.3, -0.25) is 4.68 Å². The molecule has 1 saturated carbocycles. The molecule has 3 nitrogen and oxygen atoms in total. The van der Waals surface area contributed by atoms with Crippen LogP contribution in [-0.4, -0.2) is 22.4 Å². The monoisotopic (exact) mass is 355 g/mol. The summed E-state index contributed by atoms with van der Waals surface area (Å²) in [5, 5.41) is 8.30. The Morgan fingerprint density at radius 1 is 1.33 bits per heavy atom. The maximum atomic E-state index is 4.62. The quantitative estimate of drug-likeness (QED) is 0.745. The van der Waals surface area contributed by atoms with Gasteiger partial charge in [-0.2, -0.15) is 5.10 Å². The van der Waals surface area contributed by atoms with E-state index in [0.717, 1.165) is 31.1 Å². The van der Waals surface area contributed by atoms with Crippen LogP contribution in [0.1, 0.15) is 63.8 Å². The molecule has 0 spiro atoms. The smallest absolute Gasteiger partial charge is 0.0738 e. The van der Waals surface area contributed by atoms with Gasteiger partial charge in [-0.05, 0) is 55.1 Å². The Morgan fingerprint density at radius 2 is 2.05 bits per heavy atom. The molecule has 1 unspecified atom stereocenters. The van der Waals surface area contributed by atoms with Crippen molar-refractivity contribution in [2.45, 2.75) is 78.3 Å². The maximum absolute atomic E-state index is 4.62. The fourth-order valence-electron chi connectivity index (χ4n) is 3.60. The second-order valence-electron chi connectivity index (χ2n) is 6.35. The number of aromatic nitrogens is 2. The molecule has 1 aromatic rings. The largest absolute Gasteiger partial charge is 0.314 e. The molecule has 120 valence electrons. The third-order valence-electron chi connectivity index (χ3n) is 4.78. The molecule has 0 saturated heterocycles. The molecule has 0 radical (unpaired) electrons. The predicted octanol–water partition coefficient (Wildman–Crippen LogP) is 4.46. The minimum atomic E-state index is 0.577. The molecule has 1 atom stereocenters. The summed E-state index contributed by atoms with van der Waals surface area (Å²) in [5.41, 5.74) is 2.46. The highest BCUT2D eigenvalue weighted by Gasteiger charge is 2.20. The number of hydrogen-bond donors (Lipinski definition) is 1. The van der Waals surface area contributed by atoms with E-state index >= 15 is 0 Å². The molecule has 21 heavy (non-hydrogen) atoms. The first kappa shape index (κ1) is 17.0. The van der Waals surface area contributed by atoms with Gasteiger partial charge in [0.2, 0.25) is 0 Å². The van der Waals surface area contributed by atoms with E-state index in [4.69, 9.17) is 0 Å². The van der Waals surface area contributed by atoms with Crippen LogP contribution in [-0.2, 0) is 13.0 Å². The van der Waals surface area contributed by atoms with Crippen LogP contribution >= 0.6 is 15.9 Å². The molecule has 1 aromatic heterocycles. The van der Waals surface area contributed by atoms with Gasteiger partial charge in [0.15, 0.2) is 0 Å². The van der Waals surface area contributed by atoms with Gasteiger partial charge >= 0.3 is 0 Å². The first-order valence-corrected chi connectivity index (χ1v) is 9.40. The Morgan fingerprint density at radius 3 is 2.67 bits per heavy atom. The van der Waals surface area contributed by atoms with Crippen LogP contribution < -0.4 is 5.32 Å². The van der Waals surface area contributed by atoms with Gasteiger partial charge in [0, 0.05) is 19.0 Å². The lowest BCUT2D eigenvalue weighted by Crippen LogP contribution is -2.32.